The van der Waals surface area contributed by atoms with Gasteiger partial charge in [-0.1, -0.05) is 5.16 Å². The van der Waals surface area contributed by atoms with Gasteiger partial charge in [0.05, 0.1) is 6.54 Å². The first-order valence-electron chi connectivity index (χ1n) is 5.97. The summed E-state index contributed by atoms with van der Waals surface area (Å²) < 4.78 is 15.2. The monoisotopic (exact) mass is 277 g/mol. The van der Waals surface area contributed by atoms with Crippen molar-refractivity contribution in [1.29, 1.82) is 0 Å². The molecule has 1 aromatic heterocycles. The lowest BCUT2D eigenvalue weighted by atomic mass is 10.1. The van der Waals surface area contributed by atoms with Gasteiger partial charge in [-0.2, -0.15) is 0 Å². The molecule has 0 saturated carbocycles. The third kappa shape index (κ3) is 2.71. The molecule has 106 valence electrons. The number of nitrogens with zero attached hydrogens (tertiary/aromatic N) is 4. The molecule has 20 heavy (non-hydrogen) atoms. The average molecular weight is 277 g/mol. The molecule has 0 radical (unpaired) electrons. The number of nitrogens with two attached hydrogens (primary N) is 1. The number of hydrogen-bond donors (Lipinski definition) is 2. The van der Waals surface area contributed by atoms with Crippen LogP contribution in [-0.4, -0.2) is 27.6 Å². The minimum atomic E-state index is -0.444. The molecule has 2 rings (SSSR count). The van der Waals surface area contributed by atoms with E-state index >= 15 is 0 Å². The molecular formula is C13H16FN5O. The molecule has 7 heteroatoms. The normalized spacial score (nSPS) is 11.7. The van der Waals surface area contributed by atoms with Gasteiger partial charge in [-0.3, -0.25) is 0 Å². The summed E-state index contributed by atoms with van der Waals surface area (Å²) in [5, 5.41) is 11.7. The molecule has 0 amide bonds. The van der Waals surface area contributed by atoms with Crippen molar-refractivity contribution < 1.29 is 9.60 Å². The molecule has 3 N–H and O–H groups in total. The zero-order chi connectivity index (χ0) is 14.7. The van der Waals surface area contributed by atoms with Gasteiger partial charge in [0, 0.05) is 37.7 Å². The Morgan fingerprint density at radius 1 is 1.55 bits per heavy atom. The van der Waals surface area contributed by atoms with Crippen molar-refractivity contribution in [1.82, 2.24) is 9.55 Å². The fourth-order valence-corrected chi connectivity index (χ4v) is 1.95. The summed E-state index contributed by atoms with van der Waals surface area (Å²) in [4.78, 5) is 6.09. The maximum Gasteiger partial charge on any atom is 0.172 e. The summed E-state index contributed by atoms with van der Waals surface area (Å²) >= 11 is 0. The third-order valence-electron chi connectivity index (χ3n) is 3.05. The lowest BCUT2D eigenvalue weighted by molar-refractivity contribution is 0.318. The molecule has 2 aromatic rings. The van der Waals surface area contributed by atoms with Crippen LogP contribution in [0, 0.1) is 5.82 Å². The standard InChI is InChI=1S/C13H16FN5O/c1-18-6-5-16-12(18)8-19(2)11-4-3-9(14)7-10(11)13(15)17-20/h3-7,20H,8H2,1-2H3,(H2,15,17). The van der Waals surface area contributed by atoms with Crippen LogP contribution in [0.3, 0.4) is 0 Å². The average Bonchev–Trinajstić information content (AvgIpc) is 2.83. The quantitative estimate of drug-likeness (QED) is 0.382. The second-order valence-corrected chi connectivity index (χ2v) is 4.46. The Labute approximate surface area is 115 Å². The Hall–Kier alpha value is -2.57. The van der Waals surface area contributed by atoms with Crippen molar-refractivity contribution in [2.75, 3.05) is 11.9 Å². The van der Waals surface area contributed by atoms with E-state index in [1.54, 1.807) is 12.3 Å². The van der Waals surface area contributed by atoms with E-state index in [2.05, 4.69) is 10.1 Å². The zero-order valence-electron chi connectivity index (χ0n) is 11.3. The SMILES string of the molecule is CN(Cc1nccn1C)c1ccc(F)cc1C(N)=NO. The van der Waals surface area contributed by atoms with Gasteiger partial charge in [0.2, 0.25) is 0 Å². The van der Waals surface area contributed by atoms with Crippen molar-refractivity contribution in [2.45, 2.75) is 6.54 Å². The van der Waals surface area contributed by atoms with Gasteiger partial charge in [-0.25, -0.2) is 9.37 Å². The topological polar surface area (TPSA) is 79.7 Å². The minimum absolute atomic E-state index is 0.133. The highest BCUT2D eigenvalue weighted by Gasteiger charge is 2.14. The molecule has 1 heterocycles. The molecule has 1 aromatic carbocycles. The van der Waals surface area contributed by atoms with E-state index in [1.807, 2.05) is 29.8 Å². The molecule has 0 aliphatic carbocycles. The maximum absolute atomic E-state index is 13.3. The highest BCUT2D eigenvalue weighted by atomic mass is 19.1. The van der Waals surface area contributed by atoms with Crippen LogP contribution in [0.5, 0.6) is 0 Å². The molecule has 0 atom stereocenters. The van der Waals surface area contributed by atoms with Crippen LogP contribution in [0.15, 0.2) is 35.7 Å². The van der Waals surface area contributed by atoms with Crippen molar-refractivity contribution in [3.63, 3.8) is 0 Å². The van der Waals surface area contributed by atoms with E-state index < -0.39 is 5.82 Å². The molecule has 0 saturated heterocycles. The molecule has 0 spiro atoms. The van der Waals surface area contributed by atoms with Crippen LogP contribution < -0.4 is 10.6 Å². The van der Waals surface area contributed by atoms with Crippen molar-refractivity contribution in [3.05, 3.63) is 47.8 Å². The molecule has 0 unspecified atom stereocenters. The summed E-state index contributed by atoms with van der Waals surface area (Å²) in [6, 6.07) is 4.16. The second kappa shape index (κ2) is 5.60. The number of amidine groups is 1. The third-order valence-corrected chi connectivity index (χ3v) is 3.05. The predicted octanol–water partition coefficient (Wildman–Crippen LogP) is 1.29. The van der Waals surface area contributed by atoms with E-state index in [-0.39, 0.29) is 5.84 Å². The van der Waals surface area contributed by atoms with E-state index in [1.165, 1.54) is 12.1 Å². The second-order valence-electron chi connectivity index (χ2n) is 4.46. The van der Waals surface area contributed by atoms with Crippen LogP contribution in [0.2, 0.25) is 0 Å². The van der Waals surface area contributed by atoms with E-state index in [4.69, 9.17) is 10.9 Å². The Bertz CT molecular complexity index is 637. The number of aryl methyl sites for hydroxylation is 1. The summed E-state index contributed by atoms with van der Waals surface area (Å²) in [7, 11) is 3.72. The van der Waals surface area contributed by atoms with Crippen LogP contribution >= 0.6 is 0 Å². The molecule has 6 nitrogen and oxygen atoms in total. The first-order chi connectivity index (χ1) is 9.52. The predicted molar refractivity (Wildman–Crippen MR) is 74.2 cm³/mol. The van der Waals surface area contributed by atoms with Crippen LogP contribution in [0.4, 0.5) is 10.1 Å². The first kappa shape index (κ1) is 13.9. The van der Waals surface area contributed by atoms with Crippen LogP contribution in [0.25, 0.3) is 0 Å². The van der Waals surface area contributed by atoms with Gasteiger partial charge in [-0.05, 0) is 18.2 Å². The lowest BCUT2D eigenvalue weighted by Gasteiger charge is -2.21. The number of halogens is 1. The number of oxime groups is 1. The number of aromatic nitrogens is 2. The fraction of sp³-hybridized carbons (Fsp3) is 0.231. The number of imidazole rings is 1. The Morgan fingerprint density at radius 2 is 2.30 bits per heavy atom. The molecule has 0 fully saturated rings. The largest absolute Gasteiger partial charge is 0.409 e. The van der Waals surface area contributed by atoms with E-state index in [0.29, 0.717) is 17.8 Å². The molecular weight excluding hydrogens is 261 g/mol. The summed E-state index contributed by atoms with van der Waals surface area (Å²) in [6.07, 6.45) is 3.55. The number of benzene rings is 1. The minimum Gasteiger partial charge on any atom is -0.409 e. The van der Waals surface area contributed by atoms with E-state index in [9.17, 15) is 4.39 Å². The van der Waals surface area contributed by atoms with Gasteiger partial charge in [-0.15, -0.1) is 0 Å². The Balaban J connectivity index is 2.34. The maximum atomic E-state index is 13.3. The van der Waals surface area contributed by atoms with Gasteiger partial charge >= 0.3 is 0 Å². The Kier molecular flexibility index (Phi) is 3.88. The fourth-order valence-electron chi connectivity index (χ4n) is 1.95. The number of anilines is 1. The van der Waals surface area contributed by atoms with Gasteiger partial charge in [0.1, 0.15) is 11.6 Å². The summed E-state index contributed by atoms with van der Waals surface area (Å²) in [6.45, 7) is 0.515. The first-order valence-corrected chi connectivity index (χ1v) is 5.97. The van der Waals surface area contributed by atoms with Crippen LogP contribution in [-0.2, 0) is 13.6 Å². The highest BCUT2D eigenvalue weighted by molar-refractivity contribution is 6.02. The van der Waals surface area contributed by atoms with Gasteiger partial charge < -0.3 is 20.4 Å². The summed E-state index contributed by atoms with van der Waals surface area (Å²) in [5.41, 5.74) is 6.59. The van der Waals surface area contributed by atoms with Crippen molar-refractivity contribution in [2.24, 2.45) is 17.9 Å². The smallest absolute Gasteiger partial charge is 0.172 e. The lowest BCUT2D eigenvalue weighted by Crippen LogP contribution is -2.24. The number of hydrogen-bond acceptors (Lipinski definition) is 4. The molecule has 0 aliphatic rings. The number of rotatable bonds is 4. The van der Waals surface area contributed by atoms with Gasteiger partial charge in [0.15, 0.2) is 5.84 Å². The van der Waals surface area contributed by atoms with Crippen LogP contribution in [0.1, 0.15) is 11.4 Å². The highest BCUT2D eigenvalue weighted by Crippen LogP contribution is 2.22. The molecule has 0 bridgehead atoms. The van der Waals surface area contributed by atoms with E-state index in [0.717, 1.165) is 5.82 Å². The van der Waals surface area contributed by atoms with Crippen molar-refractivity contribution >= 4 is 11.5 Å². The van der Waals surface area contributed by atoms with Crippen molar-refractivity contribution in [3.8, 4) is 0 Å². The zero-order valence-corrected chi connectivity index (χ0v) is 11.3. The molecule has 0 aliphatic heterocycles. The Morgan fingerprint density at radius 3 is 2.90 bits per heavy atom. The van der Waals surface area contributed by atoms with Gasteiger partial charge in [0.25, 0.3) is 0 Å². The summed E-state index contributed by atoms with van der Waals surface area (Å²) in [5.74, 6) is 0.272.